The van der Waals surface area contributed by atoms with E-state index >= 15 is 0 Å². The molecular formula is C33H37F2N3O4. The van der Waals surface area contributed by atoms with Gasteiger partial charge in [-0.25, -0.2) is 8.78 Å². The van der Waals surface area contributed by atoms with Gasteiger partial charge in [0.2, 0.25) is 0 Å². The Kier molecular flexibility index (Phi) is 8.89. The van der Waals surface area contributed by atoms with Crippen LogP contribution in [-0.4, -0.2) is 58.7 Å². The van der Waals surface area contributed by atoms with Crippen molar-refractivity contribution in [2.45, 2.75) is 63.1 Å². The van der Waals surface area contributed by atoms with Crippen LogP contribution in [0.3, 0.4) is 0 Å². The van der Waals surface area contributed by atoms with Gasteiger partial charge in [-0.1, -0.05) is 31.2 Å². The zero-order chi connectivity index (χ0) is 29.9. The number of aromatic hydroxyl groups is 1. The van der Waals surface area contributed by atoms with E-state index in [1.807, 2.05) is 6.07 Å². The molecule has 9 heteroatoms. The molecule has 3 aromatic carbocycles. The first-order valence-electron chi connectivity index (χ1n) is 14.6. The third-order valence-corrected chi connectivity index (χ3v) is 8.33. The van der Waals surface area contributed by atoms with Crippen LogP contribution in [0.1, 0.15) is 70.0 Å². The smallest absolute Gasteiger partial charge is 0.257 e. The Hall–Kier alpha value is -3.82. The maximum atomic E-state index is 14.0. The van der Waals surface area contributed by atoms with Crippen LogP contribution < -0.4 is 10.6 Å². The van der Waals surface area contributed by atoms with E-state index in [0.717, 1.165) is 43.7 Å². The number of hydrogen-bond acceptors (Lipinski definition) is 5. The van der Waals surface area contributed by atoms with Crippen molar-refractivity contribution in [2.75, 3.05) is 19.6 Å². The second-order valence-electron chi connectivity index (χ2n) is 11.4. The summed E-state index contributed by atoms with van der Waals surface area (Å²) in [5.74, 6) is -2.65. The lowest BCUT2D eigenvalue weighted by atomic mass is 9.98. The quantitative estimate of drug-likeness (QED) is 0.270. The van der Waals surface area contributed by atoms with Gasteiger partial charge < -0.3 is 25.7 Å². The number of nitrogens with zero attached hydrogens (tertiary/aromatic N) is 1. The molecule has 1 heterocycles. The van der Waals surface area contributed by atoms with Gasteiger partial charge in [0.25, 0.3) is 11.8 Å². The molecule has 0 radical (unpaired) electrons. The number of aryl methyl sites for hydroxylation is 1. The van der Waals surface area contributed by atoms with Crippen LogP contribution in [0.5, 0.6) is 5.75 Å². The third kappa shape index (κ3) is 6.79. The highest BCUT2D eigenvalue weighted by Gasteiger charge is 2.44. The monoisotopic (exact) mass is 577 g/mol. The molecule has 0 unspecified atom stereocenters. The van der Waals surface area contributed by atoms with E-state index in [-0.39, 0.29) is 46.9 Å². The molecule has 42 heavy (non-hydrogen) atoms. The molecule has 4 N–H and O–H groups in total. The van der Waals surface area contributed by atoms with Gasteiger partial charge in [-0.2, -0.15) is 0 Å². The van der Waals surface area contributed by atoms with Gasteiger partial charge >= 0.3 is 0 Å². The second-order valence-corrected chi connectivity index (χ2v) is 11.4. The molecule has 222 valence electrons. The number of aliphatic hydroxyl groups is 1. The first-order chi connectivity index (χ1) is 20.2. The average molecular weight is 578 g/mol. The minimum atomic E-state index is -1.10. The zero-order valence-corrected chi connectivity index (χ0v) is 23.7. The molecule has 2 atom stereocenters. The number of phenols is 1. The normalized spacial score (nSPS) is 17.1. The van der Waals surface area contributed by atoms with Crippen LogP contribution >= 0.6 is 0 Å². The van der Waals surface area contributed by atoms with Crippen molar-refractivity contribution < 1.29 is 28.6 Å². The molecule has 2 aliphatic rings. The fourth-order valence-electron chi connectivity index (χ4n) is 5.68. The van der Waals surface area contributed by atoms with Crippen LogP contribution in [0.15, 0.2) is 60.7 Å². The summed E-state index contributed by atoms with van der Waals surface area (Å²) in [5.41, 5.74) is 2.52. The van der Waals surface area contributed by atoms with Gasteiger partial charge in [0, 0.05) is 36.8 Å². The number of rotatable bonds is 11. The lowest BCUT2D eigenvalue weighted by molar-refractivity contribution is 0.0789. The van der Waals surface area contributed by atoms with Crippen molar-refractivity contribution in [1.29, 1.82) is 0 Å². The zero-order valence-electron chi connectivity index (χ0n) is 23.7. The van der Waals surface area contributed by atoms with Crippen molar-refractivity contribution in [3.05, 3.63) is 100 Å². The highest BCUT2D eigenvalue weighted by molar-refractivity contribution is 6.01. The van der Waals surface area contributed by atoms with E-state index in [1.54, 1.807) is 4.90 Å². The van der Waals surface area contributed by atoms with Crippen molar-refractivity contribution in [2.24, 2.45) is 0 Å². The van der Waals surface area contributed by atoms with E-state index in [1.165, 1.54) is 35.9 Å². The van der Waals surface area contributed by atoms with Gasteiger partial charge in [0.1, 0.15) is 17.4 Å². The third-order valence-electron chi connectivity index (χ3n) is 8.33. The molecule has 1 aliphatic heterocycles. The van der Waals surface area contributed by atoms with Crippen LogP contribution in [0.25, 0.3) is 0 Å². The lowest BCUT2D eigenvalue weighted by Gasteiger charge is -2.27. The van der Waals surface area contributed by atoms with Gasteiger partial charge in [-0.05, 0) is 85.5 Å². The first-order valence-corrected chi connectivity index (χ1v) is 14.6. The number of nitrogens with one attached hydrogen (secondary N) is 2. The van der Waals surface area contributed by atoms with Gasteiger partial charge in [0.05, 0.1) is 17.7 Å². The largest absolute Gasteiger partial charge is 0.507 e. The van der Waals surface area contributed by atoms with E-state index in [2.05, 4.69) is 35.8 Å². The number of aliphatic hydroxyl groups excluding tert-OH is 1. The highest BCUT2D eigenvalue weighted by Crippen LogP contribution is 2.45. The van der Waals surface area contributed by atoms with Gasteiger partial charge in [-0.3, -0.25) is 9.59 Å². The minimum absolute atomic E-state index is 0.0282. The molecule has 3 aromatic rings. The Morgan fingerprint density at radius 1 is 0.976 bits per heavy atom. The molecule has 1 aliphatic carbocycles. The number of halogens is 2. The number of likely N-dealkylation sites (tertiary alicyclic amines) is 1. The summed E-state index contributed by atoms with van der Waals surface area (Å²) < 4.78 is 28.0. The van der Waals surface area contributed by atoms with Gasteiger partial charge in [-0.15, -0.1) is 0 Å². The SMILES string of the molecule is CCc1cccc(C2(NC[C@@H](O)[C@H](Cc3cc(F)cc(F)c3)NC(=O)c3ccc(O)c(C(=O)N4CCCC4)c3)CC2)c1. The van der Waals surface area contributed by atoms with Crippen LogP contribution in [0.2, 0.25) is 0 Å². The summed E-state index contributed by atoms with van der Waals surface area (Å²) in [5, 5.41) is 27.9. The molecule has 7 nitrogen and oxygen atoms in total. The molecule has 1 saturated heterocycles. The number of phenolic OH excluding ortho intramolecular Hbond substituents is 1. The van der Waals surface area contributed by atoms with E-state index in [9.17, 15) is 28.6 Å². The topological polar surface area (TPSA) is 102 Å². The Labute approximate surface area is 244 Å². The van der Waals surface area contributed by atoms with Crippen LogP contribution in [-0.2, 0) is 18.4 Å². The van der Waals surface area contributed by atoms with Crippen molar-refractivity contribution in [1.82, 2.24) is 15.5 Å². The summed E-state index contributed by atoms with van der Waals surface area (Å²) in [6, 6.07) is 14.6. The highest BCUT2D eigenvalue weighted by atomic mass is 19.1. The predicted octanol–water partition coefficient (Wildman–Crippen LogP) is 4.45. The number of amides is 2. The minimum Gasteiger partial charge on any atom is -0.507 e. The molecule has 0 spiro atoms. The Balaban J connectivity index is 1.34. The summed E-state index contributed by atoms with van der Waals surface area (Å²) >= 11 is 0. The first kappa shape index (κ1) is 29.7. The van der Waals surface area contributed by atoms with E-state index in [0.29, 0.717) is 13.1 Å². The number of benzene rings is 3. The fraction of sp³-hybridized carbons (Fsp3) is 0.394. The van der Waals surface area contributed by atoms with Crippen LogP contribution in [0, 0.1) is 11.6 Å². The van der Waals surface area contributed by atoms with Crippen LogP contribution in [0.4, 0.5) is 8.78 Å². The Bertz CT molecular complexity index is 1430. The maximum absolute atomic E-state index is 14.0. The standard InChI is InChI=1S/C33H37F2N3O4/c1-2-21-6-5-7-24(14-21)33(10-11-33)36-20-30(40)28(17-22-15-25(34)19-26(35)16-22)37-31(41)23-8-9-29(39)27(18-23)32(42)38-12-3-4-13-38/h5-9,14-16,18-19,28,30,36,39-40H,2-4,10-13,17,20H2,1H3,(H,37,41)/t28-,30+/m0/s1. The Morgan fingerprint density at radius 3 is 2.36 bits per heavy atom. The van der Waals surface area contributed by atoms with Crippen molar-refractivity contribution >= 4 is 11.8 Å². The fourth-order valence-corrected chi connectivity index (χ4v) is 5.68. The van der Waals surface area contributed by atoms with Crippen molar-refractivity contribution in [3.63, 3.8) is 0 Å². The number of hydrogen-bond donors (Lipinski definition) is 4. The van der Waals surface area contributed by atoms with E-state index in [4.69, 9.17) is 0 Å². The Morgan fingerprint density at radius 2 is 1.69 bits per heavy atom. The average Bonchev–Trinajstić information content (AvgIpc) is 3.57. The van der Waals surface area contributed by atoms with E-state index < -0.39 is 29.7 Å². The summed E-state index contributed by atoms with van der Waals surface area (Å²) in [6.07, 6.45) is 3.35. The molecule has 5 rings (SSSR count). The summed E-state index contributed by atoms with van der Waals surface area (Å²) in [7, 11) is 0. The molecule has 2 fully saturated rings. The van der Waals surface area contributed by atoms with Gasteiger partial charge in [0.15, 0.2) is 0 Å². The molecule has 0 aromatic heterocycles. The lowest BCUT2D eigenvalue weighted by Crippen LogP contribution is -2.50. The maximum Gasteiger partial charge on any atom is 0.257 e. The van der Waals surface area contributed by atoms with Crippen molar-refractivity contribution in [3.8, 4) is 5.75 Å². The predicted molar refractivity (Wildman–Crippen MR) is 155 cm³/mol. The molecule has 1 saturated carbocycles. The summed E-state index contributed by atoms with van der Waals surface area (Å²) in [6.45, 7) is 3.40. The molecule has 0 bridgehead atoms. The summed E-state index contributed by atoms with van der Waals surface area (Å²) in [4.78, 5) is 28.0. The number of carbonyl (C=O) groups is 2. The molecule has 2 amide bonds. The molecular weight excluding hydrogens is 540 g/mol. The number of carbonyl (C=O) groups excluding carboxylic acids is 2. The second kappa shape index (κ2) is 12.6.